The highest BCUT2D eigenvalue weighted by Gasteiger charge is 2.46. The number of benzene rings is 1. The predicted octanol–water partition coefficient (Wildman–Crippen LogP) is 4.14. The molecule has 0 heterocycles. The van der Waals surface area contributed by atoms with E-state index in [4.69, 9.17) is 0 Å². The van der Waals surface area contributed by atoms with Crippen LogP contribution in [-0.4, -0.2) is 6.43 Å². The summed E-state index contributed by atoms with van der Waals surface area (Å²) in [5, 5.41) is 0. The molecule has 0 N–H and O–H groups in total. The van der Waals surface area contributed by atoms with Gasteiger partial charge in [0.15, 0.2) is 0 Å². The molecule has 0 nitrogen and oxygen atoms in total. The van der Waals surface area contributed by atoms with Crippen LogP contribution in [-0.2, 0) is 5.41 Å². The van der Waals surface area contributed by atoms with Crippen molar-refractivity contribution in [2.45, 2.75) is 31.1 Å². The van der Waals surface area contributed by atoms with E-state index < -0.39 is 11.8 Å². The highest BCUT2D eigenvalue weighted by Crippen LogP contribution is 2.48. The van der Waals surface area contributed by atoms with E-state index in [1.54, 1.807) is 6.07 Å². The Hall–Kier alpha value is -0.440. The van der Waals surface area contributed by atoms with E-state index in [0.717, 1.165) is 16.5 Å². The highest BCUT2D eigenvalue weighted by molar-refractivity contribution is 9.10. The zero-order valence-electron chi connectivity index (χ0n) is 7.64. The second-order valence-electron chi connectivity index (χ2n) is 3.82. The number of hydrogen-bond donors (Lipinski definition) is 0. The van der Waals surface area contributed by atoms with Crippen molar-refractivity contribution in [2.75, 3.05) is 0 Å². The van der Waals surface area contributed by atoms with E-state index in [9.17, 15) is 8.78 Å². The van der Waals surface area contributed by atoms with Crippen molar-refractivity contribution >= 4 is 15.9 Å². The summed E-state index contributed by atoms with van der Waals surface area (Å²) in [6.45, 7) is 0. The van der Waals surface area contributed by atoms with Gasteiger partial charge in [0.1, 0.15) is 0 Å². The van der Waals surface area contributed by atoms with Gasteiger partial charge in [0, 0.05) is 4.47 Å². The molecule has 0 bridgehead atoms. The lowest BCUT2D eigenvalue weighted by Crippen LogP contribution is -2.41. The first-order chi connectivity index (χ1) is 6.65. The van der Waals surface area contributed by atoms with Crippen LogP contribution in [0.3, 0.4) is 0 Å². The van der Waals surface area contributed by atoms with Crippen molar-refractivity contribution in [1.29, 1.82) is 0 Å². The topological polar surface area (TPSA) is 0 Å². The molecule has 2 rings (SSSR count). The van der Waals surface area contributed by atoms with E-state index in [2.05, 4.69) is 15.9 Å². The fourth-order valence-corrected chi connectivity index (χ4v) is 2.39. The number of rotatable bonds is 2. The molecule has 76 valence electrons. The lowest BCUT2D eigenvalue weighted by atomic mass is 9.65. The molecule has 0 amide bonds. The van der Waals surface area contributed by atoms with Crippen LogP contribution in [0.4, 0.5) is 8.78 Å². The average molecular weight is 261 g/mol. The molecule has 0 atom stereocenters. The molecular weight excluding hydrogens is 250 g/mol. The molecule has 0 aromatic heterocycles. The first kappa shape index (κ1) is 10.1. The van der Waals surface area contributed by atoms with Crippen molar-refractivity contribution in [3.8, 4) is 0 Å². The highest BCUT2D eigenvalue weighted by atomic mass is 79.9. The van der Waals surface area contributed by atoms with Gasteiger partial charge < -0.3 is 0 Å². The molecule has 0 aliphatic heterocycles. The molecular formula is C11H11BrF2. The minimum atomic E-state index is -2.24. The van der Waals surface area contributed by atoms with Crippen LogP contribution in [0.25, 0.3) is 0 Å². The molecule has 1 aliphatic carbocycles. The van der Waals surface area contributed by atoms with Crippen molar-refractivity contribution < 1.29 is 8.78 Å². The van der Waals surface area contributed by atoms with Crippen LogP contribution in [0.5, 0.6) is 0 Å². The second kappa shape index (κ2) is 3.61. The van der Waals surface area contributed by atoms with Gasteiger partial charge in [0.2, 0.25) is 6.43 Å². The Labute approximate surface area is 90.4 Å². The quantitative estimate of drug-likeness (QED) is 0.750. The molecule has 1 aromatic rings. The Morgan fingerprint density at radius 3 is 2.43 bits per heavy atom. The van der Waals surface area contributed by atoms with Crippen LogP contribution in [0, 0.1) is 0 Å². The number of halogens is 3. The molecule has 0 saturated heterocycles. The zero-order valence-corrected chi connectivity index (χ0v) is 9.23. The third-order valence-corrected chi connectivity index (χ3v) is 3.56. The smallest absolute Gasteiger partial charge is 0.210 e. The molecule has 0 unspecified atom stereocenters. The fourth-order valence-electron chi connectivity index (χ4n) is 1.99. The average Bonchev–Trinajstić information content (AvgIpc) is 2.00. The molecule has 0 spiro atoms. The van der Waals surface area contributed by atoms with Gasteiger partial charge in [-0.2, -0.15) is 0 Å². The Kier molecular flexibility index (Phi) is 2.60. The summed E-state index contributed by atoms with van der Waals surface area (Å²) in [6, 6.07) is 7.30. The fraction of sp³-hybridized carbons (Fsp3) is 0.455. The first-order valence-corrected chi connectivity index (χ1v) is 5.49. The molecule has 1 saturated carbocycles. The van der Waals surface area contributed by atoms with Crippen molar-refractivity contribution in [3.63, 3.8) is 0 Å². The maximum absolute atomic E-state index is 12.9. The van der Waals surface area contributed by atoms with Crippen LogP contribution >= 0.6 is 15.9 Å². The van der Waals surface area contributed by atoms with Gasteiger partial charge >= 0.3 is 0 Å². The Morgan fingerprint density at radius 2 is 2.00 bits per heavy atom. The van der Waals surface area contributed by atoms with Crippen molar-refractivity contribution in [1.82, 2.24) is 0 Å². The molecule has 14 heavy (non-hydrogen) atoms. The standard InChI is InChI=1S/C11H11BrF2/c12-9-4-1-3-8(7-9)11(10(13)14)5-2-6-11/h1,3-4,7,10H,2,5-6H2. The van der Waals surface area contributed by atoms with Crippen LogP contribution in [0.2, 0.25) is 0 Å². The van der Waals surface area contributed by atoms with Gasteiger partial charge in [0.05, 0.1) is 5.41 Å². The predicted molar refractivity (Wildman–Crippen MR) is 55.7 cm³/mol. The maximum Gasteiger partial charge on any atom is 0.248 e. The van der Waals surface area contributed by atoms with E-state index in [1.165, 1.54) is 0 Å². The van der Waals surface area contributed by atoms with Crippen LogP contribution in [0.1, 0.15) is 24.8 Å². The molecule has 3 heteroatoms. The molecule has 1 aliphatic rings. The Bertz CT molecular complexity index is 332. The van der Waals surface area contributed by atoms with Crippen LogP contribution in [0.15, 0.2) is 28.7 Å². The SMILES string of the molecule is FC(F)C1(c2cccc(Br)c2)CCC1. The lowest BCUT2D eigenvalue weighted by Gasteiger charge is -2.41. The summed E-state index contributed by atoms with van der Waals surface area (Å²) in [5.41, 5.74) is -0.0859. The van der Waals surface area contributed by atoms with Gasteiger partial charge in [-0.3, -0.25) is 0 Å². The number of hydrogen-bond acceptors (Lipinski definition) is 0. The Morgan fingerprint density at radius 1 is 1.29 bits per heavy atom. The van der Waals surface area contributed by atoms with E-state index in [1.807, 2.05) is 18.2 Å². The van der Waals surface area contributed by atoms with Gasteiger partial charge in [-0.25, -0.2) is 8.78 Å². The third kappa shape index (κ3) is 1.48. The lowest BCUT2D eigenvalue weighted by molar-refractivity contribution is 0.000807. The summed E-state index contributed by atoms with van der Waals surface area (Å²) >= 11 is 3.31. The minimum Gasteiger partial charge on any atom is -0.210 e. The minimum absolute atomic E-state index is 0.612. The van der Waals surface area contributed by atoms with Crippen molar-refractivity contribution in [2.24, 2.45) is 0 Å². The van der Waals surface area contributed by atoms with E-state index in [-0.39, 0.29) is 0 Å². The third-order valence-electron chi connectivity index (χ3n) is 3.06. The van der Waals surface area contributed by atoms with Gasteiger partial charge in [-0.1, -0.05) is 34.5 Å². The van der Waals surface area contributed by atoms with Gasteiger partial charge in [-0.05, 0) is 30.5 Å². The zero-order chi connectivity index (χ0) is 10.2. The summed E-state index contributed by atoms with van der Waals surface area (Å²) in [6.07, 6.45) is -0.107. The van der Waals surface area contributed by atoms with Crippen LogP contribution < -0.4 is 0 Å². The normalized spacial score (nSPS) is 19.4. The summed E-state index contributed by atoms with van der Waals surface area (Å²) in [4.78, 5) is 0. The summed E-state index contributed by atoms with van der Waals surface area (Å²) in [5.74, 6) is 0. The second-order valence-corrected chi connectivity index (χ2v) is 4.74. The van der Waals surface area contributed by atoms with E-state index in [0.29, 0.717) is 12.8 Å². The monoisotopic (exact) mass is 260 g/mol. The van der Waals surface area contributed by atoms with E-state index >= 15 is 0 Å². The molecule has 0 radical (unpaired) electrons. The van der Waals surface area contributed by atoms with Crippen molar-refractivity contribution in [3.05, 3.63) is 34.3 Å². The molecule has 1 fully saturated rings. The first-order valence-electron chi connectivity index (χ1n) is 4.69. The largest absolute Gasteiger partial charge is 0.248 e. The Balaban J connectivity index is 2.37. The van der Waals surface area contributed by atoms with Gasteiger partial charge in [-0.15, -0.1) is 0 Å². The number of alkyl halides is 2. The van der Waals surface area contributed by atoms with Gasteiger partial charge in [0.25, 0.3) is 0 Å². The maximum atomic E-state index is 12.9. The summed E-state index contributed by atoms with van der Waals surface area (Å²) in [7, 11) is 0. The summed E-state index contributed by atoms with van der Waals surface area (Å²) < 4.78 is 26.8. The molecule has 1 aromatic carbocycles.